The zero-order valence-electron chi connectivity index (χ0n) is 14.5. The molecule has 0 saturated heterocycles. The van der Waals surface area contributed by atoms with Gasteiger partial charge in [-0.15, -0.1) is 0 Å². The standard InChI is InChI=1S/C18H25N3O2/c1-6-16-20-13(3)17(23-16)18(22)19-11-15(21(4)5)14-9-7-12(2)8-10-14/h7-10,15H,6,11H2,1-5H3,(H,19,22)/t15-/m0/s1. The van der Waals surface area contributed by atoms with Gasteiger partial charge in [0.2, 0.25) is 5.76 Å². The minimum atomic E-state index is -0.214. The summed E-state index contributed by atoms with van der Waals surface area (Å²) in [5.74, 6) is 0.687. The fourth-order valence-electron chi connectivity index (χ4n) is 2.47. The Kier molecular flexibility index (Phi) is 5.55. The maximum atomic E-state index is 12.3. The topological polar surface area (TPSA) is 58.4 Å². The van der Waals surface area contributed by atoms with Gasteiger partial charge in [-0.1, -0.05) is 36.8 Å². The summed E-state index contributed by atoms with van der Waals surface area (Å²) in [4.78, 5) is 18.7. The first-order valence-electron chi connectivity index (χ1n) is 7.89. The van der Waals surface area contributed by atoms with E-state index < -0.39 is 0 Å². The highest BCUT2D eigenvalue weighted by Crippen LogP contribution is 2.18. The second-order valence-corrected chi connectivity index (χ2v) is 5.98. The predicted molar refractivity (Wildman–Crippen MR) is 90.6 cm³/mol. The molecule has 1 amide bonds. The molecule has 1 aromatic heterocycles. The predicted octanol–water partition coefficient (Wildman–Crippen LogP) is 2.89. The van der Waals surface area contributed by atoms with Crippen LogP contribution in [-0.2, 0) is 6.42 Å². The first-order chi connectivity index (χ1) is 10.9. The summed E-state index contributed by atoms with van der Waals surface area (Å²) >= 11 is 0. The van der Waals surface area contributed by atoms with E-state index in [2.05, 4.69) is 46.4 Å². The number of nitrogens with zero attached hydrogens (tertiary/aromatic N) is 2. The van der Waals surface area contributed by atoms with Gasteiger partial charge < -0.3 is 14.6 Å². The number of amides is 1. The summed E-state index contributed by atoms with van der Waals surface area (Å²) in [5, 5.41) is 2.96. The van der Waals surface area contributed by atoms with Gasteiger partial charge in [-0.05, 0) is 33.5 Å². The van der Waals surface area contributed by atoms with Crippen molar-refractivity contribution in [1.29, 1.82) is 0 Å². The van der Waals surface area contributed by atoms with E-state index in [-0.39, 0.29) is 11.9 Å². The number of benzene rings is 1. The van der Waals surface area contributed by atoms with Gasteiger partial charge in [-0.3, -0.25) is 4.79 Å². The second-order valence-electron chi connectivity index (χ2n) is 5.98. The van der Waals surface area contributed by atoms with E-state index in [1.807, 2.05) is 21.0 Å². The molecule has 0 aliphatic carbocycles. The quantitative estimate of drug-likeness (QED) is 0.890. The van der Waals surface area contributed by atoms with E-state index in [1.54, 1.807) is 6.92 Å². The third-order valence-corrected chi connectivity index (χ3v) is 3.89. The van der Waals surface area contributed by atoms with Crippen LogP contribution in [0.2, 0.25) is 0 Å². The molecule has 2 aromatic rings. The molecule has 23 heavy (non-hydrogen) atoms. The highest BCUT2D eigenvalue weighted by molar-refractivity contribution is 5.92. The number of aryl methyl sites for hydroxylation is 3. The van der Waals surface area contributed by atoms with Crippen LogP contribution in [-0.4, -0.2) is 36.4 Å². The summed E-state index contributed by atoms with van der Waals surface area (Å²) in [7, 11) is 4.01. The highest BCUT2D eigenvalue weighted by atomic mass is 16.4. The van der Waals surface area contributed by atoms with E-state index in [4.69, 9.17) is 4.42 Å². The van der Waals surface area contributed by atoms with Crippen LogP contribution in [0.4, 0.5) is 0 Å². The van der Waals surface area contributed by atoms with Crippen molar-refractivity contribution in [3.63, 3.8) is 0 Å². The van der Waals surface area contributed by atoms with Crippen molar-refractivity contribution in [3.05, 3.63) is 52.7 Å². The van der Waals surface area contributed by atoms with Crippen LogP contribution in [0, 0.1) is 13.8 Å². The van der Waals surface area contributed by atoms with Crippen LogP contribution < -0.4 is 5.32 Å². The number of likely N-dealkylation sites (N-methyl/N-ethyl adjacent to an activating group) is 1. The van der Waals surface area contributed by atoms with Crippen LogP contribution >= 0.6 is 0 Å². The molecule has 5 nitrogen and oxygen atoms in total. The number of aromatic nitrogens is 1. The summed E-state index contributed by atoms with van der Waals surface area (Å²) in [6.45, 7) is 6.32. The van der Waals surface area contributed by atoms with Gasteiger partial charge in [-0.25, -0.2) is 4.98 Å². The molecule has 0 fully saturated rings. The Balaban J connectivity index is 2.07. The van der Waals surface area contributed by atoms with Gasteiger partial charge in [0.25, 0.3) is 5.91 Å². The first kappa shape index (κ1) is 17.2. The lowest BCUT2D eigenvalue weighted by Crippen LogP contribution is -2.34. The van der Waals surface area contributed by atoms with Crippen LogP contribution in [0.15, 0.2) is 28.7 Å². The van der Waals surface area contributed by atoms with Crippen molar-refractivity contribution in [1.82, 2.24) is 15.2 Å². The monoisotopic (exact) mass is 315 g/mol. The van der Waals surface area contributed by atoms with E-state index in [1.165, 1.54) is 11.1 Å². The molecule has 0 radical (unpaired) electrons. The number of carbonyl (C=O) groups is 1. The van der Waals surface area contributed by atoms with Gasteiger partial charge in [-0.2, -0.15) is 0 Å². The van der Waals surface area contributed by atoms with Crippen molar-refractivity contribution in [3.8, 4) is 0 Å². The second kappa shape index (κ2) is 7.42. The lowest BCUT2D eigenvalue weighted by Gasteiger charge is -2.25. The molecular weight excluding hydrogens is 290 g/mol. The molecular formula is C18H25N3O2. The Hall–Kier alpha value is -2.14. The van der Waals surface area contributed by atoms with E-state index in [0.717, 1.165) is 0 Å². The van der Waals surface area contributed by atoms with Crippen LogP contribution in [0.3, 0.4) is 0 Å². The van der Waals surface area contributed by atoms with Gasteiger partial charge in [0.1, 0.15) is 0 Å². The number of oxazole rings is 1. The Morgan fingerprint density at radius 3 is 2.43 bits per heavy atom. The van der Waals surface area contributed by atoms with Crippen molar-refractivity contribution in [2.24, 2.45) is 0 Å². The molecule has 1 heterocycles. The van der Waals surface area contributed by atoms with Crippen molar-refractivity contribution >= 4 is 5.91 Å². The average Bonchev–Trinajstić information content (AvgIpc) is 2.90. The summed E-state index contributed by atoms with van der Waals surface area (Å²) in [5.41, 5.74) is 3.03. The Morgan fingerprint density at radius 1 is 1.26 bits per heavy atom. The van der Waals surface area contributed by atoms with Gasteiger partial charge >= 0.3 is 0 Å². The molecule has 1 aromatic carbocycles. The fourth-order valence-corrected chi connectivity index (χ4v) is 2.47. The van der Waals surface area contributed by atoms with Crippen molar-refractivity contribution in [2.45, 2.75) is 33.2 Å². The Bertz CT molecular complexity index is 659. The number of hydrogen-bond acceptors (Lipinski definition) is 4. The third kappa shape index (κ3) is 4.20. The highest BCUT2D eigenvalue weighted by Gasteiger charge is 2.20. The maximum absolute atomic E-state index is 12.3. The Labute approximate surface area is 137 Å². The van der Waals surface area contributed by atoms with Crippen molar-refractivity contribution < 1.29 is 9.21 Å². The van der Waals surface area contributed by atoms with E-state index >= 15 is 0 Å². The molecule has 0 unspecified atom stereocenters. The molecule has 0 spiro atoms. The van der Waals surface area contributed by atoms with Crippen LogP contribution in [0.1, 0.15) is 46.2 Å². The Morgan fingerprint density at radius 2 is 1.91 bits per heavy atom. The molecule has 0 saturated carbocycles. The van der Waals surface area contributed by atoms with Gasteiger partial charge in [0.15, 0.2) is 5.89 Å². The number of nitrogens with one attached hydrogen (secondary N) is 1. The van der Waals surface area contributed by atoms with Crippen molar-refractivity contribution in [2.75, 3.05) is 20.6 Å². The molecule has 0 bridgehead atoms. The molecule has 124 valence electrons. The molecule has 1 N–H and O–H groups in total. The molecule has 2 rings (SSSR count). The number of rotatable bonds is 6. The zero-order valence-corrected chi connectivity index (χ0v) is 14.5. The fraction of sp³-hybridized carbons (Fsp3) is 0.444. The lowest BCUT2D eigenvalue weighted by atomic mass is 10.0. The smallest absolute Gasteiger partial charge is 0.289 e. The van der Waals surface area contributed by atoms with Gasteiger partial charge in [0, 0.05) is 13.0 Å². The van der Waals surface area contributed by atoms with Crippen LogP contribution in [0.5, 0.6) is 0 Å². The summed E-state index contributed by atoms with van der Waals surface area (Å²) in [6.07, 6.45) is 0.678. The third-order valence-electron chi connectivity index (χ3n) is 3.89. The number of carbonyl (C=O) groups excluding carboxylic acids is 1. The summed E-state index contributed by atoms with van der Waals surface area (Å²) in [6, 6.07) is 8.47. The normalized spacial score (nSPS) is 12.4. The van der Waals surface area contributed by atoms with Gasteiger partial charge in [0.05, 0.1) is 11.7 Å². The SMILES string of the molecule is CCc1nc(C)c(C(=O)NC[C@@H](c2ccc(C)cc2)N(C)C)o1. The first-order valence-corrected chi connectivity index (χ1v) is 7.89. The minimum Gasteiger partial charge on any atom is -0.435 e. The summed E-state index contributed by atoms with van der Waals surface area (Å²) < 4.78 is 5.50. The average molecular weight is 315 g/mol. The van der Waals surface area contributed by atoms with E-state index in [9.17, 15) is 4.79 Å². The molecule has 1 atom stereocenters. The largest absolute Gasteiger partial charge is 0.435 e. The zero-order chi connectivity index (χ0) is 17.0. The van der Waals surface area contributed by atoms with Crippen LogP contribution in [0.25, 0.3) is 0 Å². The number of hydrogen-bond donors (Lipinski definition) is 1. The maximum Gasteiger partial charge on any atom is 0.289 e. The minimum absolute atomic E-state index is 0.105. The van der Waals surface area contributed by atoms with E-state index in [0.29, 0.717) is 30.3 Å². The molecule has 5 heteroatoms. The molecule has 0 aliphatic rings. The lowest BCUT2D eigenvalue weighted by molar-refractivity contribution is 0.0911. The molecule has 0 aliphatic heterocycles.